The Labute approximate surface area is 113 Å². The van der Waals surface area contributed by atoms with Gasteiger partial charge in [0.05, 0.1) is 11.2 Å². The lowest BCUT2D eigenvalue weighted by molar-refractivity contribution is 0.926. The largest absolute Gasteiger partial charge is 0.335 e. The van der Waals surface area contributed by atoms with Gasteiger partial charge in [0, 0.05) is 10.6 Å². The number of nitrogens with zero attached hydrogens (tertiary/aromatic N) is 4. The van der Waals surface area contributed by atoms with E-state index in [9.17, 15) is 0 Å². The lowest BCUT2D eigenvalue weighted by Crippen LogP contribution is -2.13. The molecule has 3 N–H and O–H groups in total. The highest BCUT2D eigenvalue weighted by molar-refractivity contribution is 6.36. The molecule has 0 unspecified atom stereocenters. The second-order valence-electron chi connectivity index (χ2n) is 3.48. The van der Waals surface area contributed by atoms with Gasteiger partial charge in [-0.2, -0.15) is 5.10 Å². The van der Waals surface area contributed by atoms with Crippen LogP contribution in [-0.4, -0.2) is 21.1 Å². The molecule has 0 aliphatic rings. The minimum Gasteiger partial charge on any atom is -0.335 e. The van der Waals surface area contributed by atoms with E-state index in [1.807, 2.05) is 0 Å². The Kier molecular flexibility index (Phi) is 3.69. The summed E-state index contributed by atoms with van der Waals surface area (Å²) in [6, 6.07) is 5.12. The van der Waals surface area contributed by atoms with Gasteiger partial charge in [-0.1, -0.05) is 29.3 Å². The third-order valence-electron chi connectivity index (χ3n) is 2.20. The summed E-state index contributed by atoms with van der Waals surface area (Å²) in [6.07, 6.45) is 1.54. The van der Waals surface area contributed by atoms with Crippen LogP contribution < -0.4 is 11.3 Å². The van der Waals surface area contributed by atoms with Gasteiger partial charge in [-0.3, -0.25) is 0 Å². The summed E-state index contributed by atoms with van der Waals surface area (Å²) in [4.78, 5) is 0. The van der Waals surface area contributed by atoms with Crippen LogP contribution in [0.5, 0.6) is 0 Å². The summed E-state index contributed by atoms with van der Waals surface area (Å²) in [6.45, 7) is 1.73. The summed E-state index contributed by atoms with van der Waals surface area (Å²) in [5.41, 5.74) is 3.40. The Hall–Kier alpha value is -1.79. The van der Waals surface area contributed by atoms with Gasteiger partial charge in [0.15, 0.2) is 5.82 Å². The number of anilines is 1. The number of nitrogens with two attached hydrogens (primary N) is 1. The van der Waals surface area contributed by atoms with Crippen molar-refractivity contribution in [2.45, 2.75) is 6.92 Å². The van der Waals surface area contributed by atoms with Gasteiger partial charge in [-0.25, -0.2) is 10.1 Å². The third-order valence-corrected chi connectivity index (χ3v) is 2.76. The molecular weight excluding hydrogens is 275 g/mol. The van der Waals surface area contributed by atoms with E-state index in [0.29, 0.717) is 21.8 Å². The van der Waals surface area contributed by atoms with Crippen molar-refractivity contribution in [1.29, 1.82) is 0 Å². The Bertz CT molecular complexity index is 592. The quantitative estimate of drug-likeness (QED) is 0.514. The highest BCUT2D eigenvalue weighted by atomic mass is 35.5. The minimum absolute atomic E-state index is 0.342. The molecule has 0 amide bonds. The van der Waals surface area contributed by atoms with Crippen LogP contribution in [0.3, 0.4) is 0 Å². The maximum Gasteiger partial charge on any atom is 0.263 e. The van der Waals surface area contributed by atoms with Crippen LogP contribution in [0.2, 0.25) is 10.0 Å². The molecule has 2 aromatic rings. The summed E-state index contributed by atoms with van der Waals surface area (Å²) >= 11 is 11.8. The maximum atomic E-state index is 5.99. The first kappa shape index (κ1) is 12.7. The van der Waals surface area contributed by atoms with E-state index in [4.69, 9.17) is 29.0 Å². The Morgan fingerprint density at radius 2 is 2.17 bits per heavy atom. The number of nitrogen functional groups attached to an aromatic ring is 1. The van der Waals surface area contributed by atoms with Gasteiger partial charge in [0.25, 0.3) is 5.95 Å². The number of hydrazone groups is 1. The number of rotatable bonds is 3. The van der Waals surface area contributed by atoms with Crippen molar-refractivity contribution in [2.75, 3.05) is 11.3 Å². The molecule has 1 heterocycles. The van der Waals surface area contributed by atoms with Crippen molar-refractivity contribution in [3.63, 3.8) is 0 Å². The zero-order chi connectivity index (χ0) is 13.1. The van der Waals surface area contributed by atoms with Crippen LogP contribution >= 0.6 is 23.2 Å². The smallest absolute Gasteiger partial charge is 0.263 e. The molecule has 0 aliphatic heterocycles. The average molecular weight is 285 g/mol. The van der Waals surface area contributed by atoms with E-state index >= 15 is 0 Å². The fourth-order valence-electron chi connectivity index (χ4n) is 1.21. The highest BCUT2D eigenvalue weighted by Gasteiger charge is 2.03. The van der Waals surface area contributed by atoms with Crippen molar-refractivity contribution in [3.8, 4) is 0 Å². The molecule has 0 saturated heterocycles. The topological polar surface area (TPSA) is 81.1 Å². The van der Waals surface area contributed by atoms with Gasteiger partial charge in [-0.05, 0) is 19.1 Å². The number of halogens is 2. The van der Waals surface area contributed by atoms with Gasteiger partial charge >= 0.3 is 0 Å². The molecule has 2 rings (SSSR count). The molecule has 0 spiro atoms. The van der Waals surface area contributed by atoms with Crippen LogP contribution in [0.1, 0.15) is 11.4 Å². The monoisotopic (exact) mass is 284 g/mol. The predicted octanol–water partition coefficient (Wildman–Crippen LogP) is 2.05. The predicted molar refractivity (Wildman–Crippen MR) is 72.6 cm³/mol. The van der Waals surface area contributed by atoms with Gasteiger partial charge in [0.1, 0.15) is 0 Å². The van der Waals surface area contributed by atoms with E-state index in [0.717, 1.165) is 5.56 Å². The molecule has 94 valence electrons. The van der Waals surface area contributed by atoms with Gasteiger partial charge < -0.3 is 5.84 Å². The molecule has 8 heteroatoms. The summed E-state index contributed by atoms with van der Waals surface area (Å²) in [7, 11) is 0. The number of hydrogen-bond donors (Lipinski definition) is 2. The minimum atomic E-state index is 0.342. The number of hydrogen-bond acceptors (Lipinski definition) is 5. The zero-order valence-electron chi connectivity index (χ0n) is 9.43. The zero-order valence-corrected chi connectivity index (χ0v) is 10.9. The standard InChI is InChI=1S/C10H10Cl2N6/c1-6-15-17-10(18(6)13)16-14-5-7-2-3-8(11)4-9(7)12/h2-5H,13H2,1H3,(H,16,17)/b14-5+. The Balaban J connectivity index is 2.10. The molecule has 18 heavy (non-hydrogen) atoms. The normalized spacial score (nSPS) is 11.1. The first-order chi connectivity index (χ1) is 8.58. The van der Waals surface area contributed by atoms with Gasteiger partial charge in [0.2, 0.25) is 0 Å². The number of benzene rings is 1. The first-order valence-corrected chi connectivity index (χ1v) is 5.75. The third kappa shape index (κ3) is 2.72. The van der Waals surface area contributed by atoms with E-state index in [2.05, 4.69) is 20.7 Å². The number of nitrogens with one attached hydrogen (secondary N) is 1. The second kappa shape index (κ2) is 5.24. The van der Waals surface area contributed by atoms with Crippen LogP contribution in [-0.2, 0) is 0 Å². The van der Waals surface area contributed by atoms with Crippen molar-refractivity contribution >= 4 is 35.4 Å². The van der Waals surface area contributed by atoms with Crippen molar-refractivity contribution in [1.82, 2.24) is 14.9 Å². The lowest BCUT2D eigenvalue weighted by atomic mass is 10.2. The molecule has 6 nitrogen and oxygen atoms in total. The average Bonchev–Trinajstić information content (AvgIpc) is 2.64. The number of aryl methyl sites for hydroxylation is 1. The molecule has 1 aromatic carbocycles. The first-order valence-electron chi connectivity index (χ1n) is 4.99. The molecule has 0 fully saturated rings. The molecule has 0 atom stereocenters. The van der Waals surface area contributed by atoms with Crippen LogP contribution in [0, 0.1) is 6.92 Å². The SMILES string of the molecule is Cc1nnc(N/N=C/c2ccc(Cl)cc2Cl)n1N. The number of aromatic nitrogens is 3. The summed E-state index contributed by atoms with van der Waals surface area (Å²) in [5.74, 6) is 6.57. The maximum absolute atomic E-state index is 5.99. The van der Waals surface area contributed by atoms with Crippen LogP contribution in [0.15, 0.2) is 23.3 Å². The molecule has 1 aromatic heterocycles. The van der Waals surface area contributed by atoms with Gasteiger partial charge in [-0.15, -0.1) is 10.2 Å². The summed E-state index contributed by atoms with van der Waals surface area (Å²) in [5, 5.41) is 12.6. The van der Waals surface area contributed by atoms with Crippen LogP contribution in [0.25, 0.3) is 0 Å². The fourth-order valence-corrected chi connectivity index (χ4v) is 1.67. The highest BCUT2D eigenvalue weighted by Crippen LogP contribution is 2.19. The van der Waals surface area contributed by atoms with Crippen molar-refractivity contribution in [2.24, 2.45) is 5.10 Å². The fraction of sp³-hybridized carbons (Fsp3) is 0.100. The van der Waals surface area contributed by atoms with Crippen LogP contribution in [0.4, 0.5) is 5.95 Å². The van der Waals surface area contributed by atoms with E-state index < -0.39 is 0 Å². The van der Waals surface area contributed by atoms with Crippen molar-refractivity contribution in [3.05, 3.63) is 39.6 Å². The summed E-state index contributed by atoms with van der Waals surface area (Å²) < 4.78 is 1.29. The second-order valence-corrected chi connectivity index (χ2v) is 4.32. The molecule has 0 radical (unpaired) electrons. The molecule has 0 saturated carbocycles. The molecule has 0 bridgehead atoms. The molecular formula is C10H10Cl2N6. The Morgan fingerprint density at radius 1 is 1.39 bits per heavy atom. The van der Waals surface area contributed by atoms with E-state index in [1.165, 1.54) is 4.68 Å². The Morgan fingerprint density at radius 3 is 2.78 bits per heavy atom. The van der Waals surface area contributed by atoms with Crippen molar-refractivity contribution < 1.29 is 0 Å². The van der Waals surface area contributed by atoms with E-state index in [-0.39, 0.29) is 0 Å². The molecule has 0 aliphatic carbocycles. The van der Waals surface area contributed by atoms with E-state index in [1.54, 1.807) is 31.3 Å². The lowest BCUT2D eigenvalue weighted by Gasteiger charge is -2.00.